The molecular formula is C25H23N5O3. The number of nitrogens with one attached hydrogen (secondary N) is 2. The predicted octanol–water partition coefficient (Wildman–Crippen LogP) is 3.86. The molecule has 166 valence electrons. The van der Waals surface area contributed by atoms with Gasteiger partial charge in [-0.3, -0.25) is 14.9 Å². The average molecular weight is 441 g/mol. The van der Waals surface area contributed by atoms with Crippen molar-refractivity contribution in [1.29, 1.82) is 0 Å². The number of rotatable bonds is 8. The highest BCUT2D eigenvalue weighted by Crippen LogP contribution is 2.26. The van der Waals surface area contributed by atoms with Crippen LogP contribution in [-0.4, -0.2) is 45.3 Å². The standard InChI is InChI=1S/C25H23N5O3/c1-30(22-15-27-28-16-22)23(11-17-5-3-2-4-6-17)24(31)29-21-13-19(12-20(14-21)25(32)33)18-7-9-26-10-8-18/h2-10,12-16,23H,11H2,1H3,(H,27,28)(H,29,31)(H,32,33)/t23-/m0/s1. The average Bonchev–Trinajstić information content (AvgIpc) is 3.38. The van der Waals surface area contributed by atoms with Gasteiger partial charge in [0.25, 0.3) is 0 Å². The van der Waals surface area contributed by atoms with E-state index in [9.17, 15) is 14.7 Å². The number of carboxylic acids is 1. The number of H-pyrrole nitrogens is 1. The molecule has 0 radical (unpaired) electrons. The van der Waals surface area contributed by atoms with Gasteiger partial charge in [-0.1, -0.05) is 30.3 Å². The molecule has 0 spiro atoms. The Balaban J connectivity index is 1.65. The van der Waals surface area contributed by atoms with Gasteiger partial charge in [-0.2, -0.15) is 5.10 Å². The summed E-state index contributed by atoms with van der Waals surface area (Å²) in [5, 5.41) is 19.3. The summed E-state index contributed by atoms with van der Waals surface area (Å²) >= 11 is 0. The molecule has 0 unspecified atom stereocenters. The largest absolute Gasteiger partial charge is 0.478 e. The molecule has 2 aromatic carbocycles. The monoisotopic (exact) mass is 441 g/mol. The number of anilines is 2. The molecule has 4 rings (SSSR count). The van der Waals surface area contributed by atoms with Crippen LogP contribution in [0.4, 0.5) is 11.4 Å². The maximum Gasteiger partial charge on any atom is 0.335 e. The van der Waals surface area contributed by atoms with E-state index in [-0.39, 0.29) is 11.5 Å². The molecule has 0 aliphatic rings. The number of benzene rings is 2. The van der Waals surface area contributed by atoms with Crippen LogP contribution < -0.4 is 10.2 Å². The number of aromatic nitrogens is 3. The summed E-state index contributed by atoms with van der Waals surface area (Å²) in [7, 11) is 1.83. The van der Waals surface area contributed by atoms with Gasteiger partial charge in [0.1, 0.15) is 6.04 Å². The summed E-state index contributed by atoms with van der Waals surface area (Å²) < 4.78 is 0. The number of hydrogen-bond donors (Lipinski definition) is 3. The van der Waals surface area contributed by atoms with Crippen LogP contribution in [0.5, 0.6) is 0 Å². The van der Waals surface area contributed by atoms with Gasteiger partial charge in [0.05, 0.1) is 17.4 Å². The van der Waals surface area contributed by atoms with Crippen LogP contribution in [0.25, 0.3) is 11.1 Å². The van der Waals surface area contributed by atoms with E-state index in [4.69, 9.17) is 0 Å². The van der Waals surface area contributed by atoms with Crippen molar-refractivity contribution in [3.05, 3.63) is 96.6 Å². The van der Waals surface area contributed by atoms with Gasteiger partial charge in [0.2, 0.25) is 5.91 Å². The number of carbonyl (C=O) groups is 2. The number of aromatic carboxylic acids is 1. The summed E-state index contributed by atoms with van der Waals surface area (Å²) in [5.41, 5.74) is 3.75. The topological polar surface area (TPSA) is 111 Å². The van der Waals surface area contributed by atoms with Crippen molar-refractivity contribution in [2.45, 2.75) is 12.5 Å². The molecular weight excluding hydrogens is 418 g/mol. The second-order valence-corrected chi connectivity index (χ2v) is 7.60. The van der Waals surface area contributed by atoms with Gasteiger partial charge >= 0.3 is 5.97 Å². The van der Waals surface area contributed by atoms with Crippen LogP contribution >= 0.6 is 0 Å². The first-order valence-electron chi connectivity index (χ1n) is 10.4. The molecule has 2 aromatic heterocycles. The number of pyridine rings is 1. The lowest BCUT2D eigenvalue weighted by Crippen LogP contribution is -2.43. The third kappa shape index (κ3) is 5.24. The molecule has 4 aromatic rings. The molecule has 3 N–H and O–H groups in total. The van der Waals surface area contributed by atoms with Crippen LogP contribution in [0, 0.1) is 0 Å². The normalized spacial score (nSPS) is 11.5. The van der Waals surface area contributed by atoms with Crippen LogP contribution in [0.15, 0.2) is 85.5 Å². The highest BCUT2D eigenvalue weighted by Gasteiger charge is 2.25. The summed E-state index contributed by atoms with van der Waals surface area (Å²) in [4.78, 5) is 31.0. The van der Waals surface area contributed by atoms with Crippen molar-refractivity contribution < 1.29 is 14.7 Å². The summed E-state index contributed by atoms with van der Waals surface area (Å²) in [5.74, 6) is -1.33. The smallest absolute Gasteiger partial charge is 0.335 e. The van der Waals surface area contributed by atoms with E-state index in [2.05, 4.69) is 20.5 Å². The SMILES string of the molecule is CN(c1cn[nH]c1)[C@@H](Cc1ccccc1)C(=O)Nc1cc(C(=O)O)cc(-c2ccncc2)c1. The molecule has 0 saturated heterocycles. The number of likely N-dealkylation sites (N-methyl/N-ethyl adjacent to an activating group) is 1. The Morgan fingerprint density at radius 2 is 1.82 bits per heavy atom. The number of carboxylic acid groups (broad SMARTS) is 1. The number of nitrogens with zero attached hydrogens (tertiary/aromatic N) is 3. The van der Waals surface area contributed by atoms with E-state index in [1.807, 2.05) is 42.3 Å². The van der Waals surface area contributed by atoms with Crippen molar-refractivity contribution in [3.63, 3.8) is 0 Å². The van der Waals surface area contributed by atoms with Crippen molar-refractivity contribution in [3.8, 4) is 11.1 Å². The number of amides is 1. The van der Waals surface area contributed by atoms with Gasteiger partial charge < -0.3 is 15.3 Å². The minimum absolute atomic E-state index is 0.0856. The Morgan fingerprint density at radius 1 is 1.06 bits per heavy atom. The predicted molar refractivity (Wildman–Crippen MR) is 126 cm³/mol. The third-order valence-electron chi connectivity index (χ3n) is 5.39. The minimum Gasteiger partial charge on any atom is -0.478 e. The van der Waals surface area contributed by atoms with Crippen molar-refractivity contribution in [2.24, 2.45) is 0 Å². The van der Waals surface area contributed by atoms with Crippen molar-refractivity contribution >= 4 is 23.3 Å². The fourth-order valence-electron chi connectivity index (χ4n) is 3.62. The van der Waals surface area contributed by atoms with Gasteiger partial charge in [0, 0.05) is 37.7 Å². The fraction of sp³-hybridized carbons (Fsp3) is 0.120. The Kier molecular flexibility index (Phi) is 6.45. The lowest BCUT2D eigenvalue weighted by atomic mass is 10.0. The van der Waals surface area contributed by atoms with Gasteiger partial charge in [-0.25, -0.2) is 4.79 Å². The Bertz CT molecular complexity index is 1230. The number of hydrogen-bond acceptors (Lipinski definition) is 5. The molecule has 0 aliphatic heterocycles. The van der Waals surface area contributed by atoms with Gasteiger partial charge in [0.15, 0.2) is 0 Å². The van der Waals surface area contributed by atoms with E-state index in [0.29, 0.717) is 17.7 Å². The van der Waals surface area contributed by atoms with Crippen LogP contribution in [0.2, 0.25) is 0 Å². The zero-order valence-electron chi connectivity index (χ0n) is 18.0. The molecule has 2 heterocycles. The van der Waals surface area contributed by atoms with Crippen LogP contribution in [-0.2, 0) is 11.2 Å². The summed E-state index contributed by atoms with van der Waals surface area (Å²) in [6, 6.07) is 17.5. The summed E-state index contributed by atoms with van der Waals surface area (Å²) in [6.45, 7) is 0. The maximum atomic E-state index is 13.4. The van der Waals surface area contributed by atoms with Gasteiger partial charge in [-0.05, 0) is 47.0 Å². The van der Waals surface area contributed by atoms with Crippen molar-refractivity contribution in [1.82, 2.24) is 15.2 Å². The zero-order chi connectivity index (χ0) is 23.2. The van der Waals surface area contributed by atoms with Crippen LogP contribution in [0.3, 0.4) is 0 Å². The lowest BCUT2D eigenvalue weighted by Gasteiger charge is -2.28. The lowest BCUT2D eigenvalue weighted by molar-refractivity contribution is -0.117. The van der Waals surface area contributed by atoms with Gasteiger partial charge in [-0.15, -0.1) is 0 Å². The molecule has 1 atom stereocenters. The molecule has 0 aliphatic carbocycles. The Morgan fingerprint density at radius 3 is 2.48 bits per heavy atom. The molecule has 0 bridgehead atoms. The molecule has 8 heteroatoms. The second kappa shape index (κ2) is 9.78. The molecule has 0 fully saturated rings. The van der Waals surface area contributed by atoms with E-state index in [1.165, 1.54) is 6.07 Å². The van der Waals surface area contributed by atoms with E-state index in [0.717, 1.165) is 16.8 Å². The number of aromatic amines is 1. The Labute approximate surface area is 190 Å². The minimum atomic E-state index is -1.07. The second-order valence-electron chi connectivity index (χ2n) is 7.60. The zero-order valence-corrected chi connectivity index (χ0v) is 18.0. The highest BCUT2D eigenvalue weighted by atomic mass is 16.4. The Hall–Kier alpha value is -4.46. The first kappa shape index (κ1) is 21.8. The highest BCUT2D eigenvalue weighted by molar-refractivity contribution is 5.99. The molecule has 1 amide bonds. The maximum absolute atomic E-state index is 13.4. The quantitative estimate of drug-likeness (QED) is 0.383. The van der Waals surface area contributed by atoms with E-state index < -0.39 is 12.0 Å². The van der Waals surface area contributed by atoms with Crippen molar-refractivity contribution in [2.75, 3.05) is 17.3 Å². The molecule has 8 nitrogen and oxygen atoms in total. The number of carbonyl (C=O) groups excluding carboxylic acids is 1. The van der Waals surface area contributed by atoms with Crippen LogP contribution in [0.1, 0.15) is 15.9 Å². The van der Waals surface area contributed by atoms with E-state index in [1.54, 1.807) is 49.1 Å². The third-order valence-corrected chi connectivity index (χ3v) is 5.39. The molecule has 33 heavy (non-hydrogen) atoms. The first-order valence-corrected chi connectivity index (χ1v) is 10.4. The first-order chi connectivity index (χ1) is 16.0. The summed E-state index contributed by atoms with van der Waals surface area (Å²) in [6.07, 6.45) is 7.10. The fourth-order valence-corrected chi connectivity index (χ4v) is 3.62. The van der Waals surface area contributed by atoms with E-state index >= 15 is 0 Å². The molecule has 0 saturated carbocycles.